The number of rotatable bonds is 3. The molecule has 0 aliphatic rings. The first-order valence-electron chi connectivity index (χ1n) is 4.20. The minimum absolute atomic E-state index is 0.320. The molecule has 1 heterocycles. The van der Waals surface area contributed by atoms with Crippen molar-refractivity contribution in [1.82, 2.24) is 4.98 Å². The van der Waals surface area contributed by atoms with Gasteiger partial charge in [-0.05, 0) is 20.8 Å². The number of halogens is 1. The Morgan fingerprint density at radius 1 is 1.71 bits per heavy atom. The maximum Gasteiger partial charge on any atom is 0.312 e. The summed E-state index contributed by atoms with van der Waals surface area (Å²) in [6.07, 6.45) is 0. The minimum Gasteiger partial charge on any atom is -0.481 e. The molecule has 0 spiro atoms. The van der Waals surface area contributed by atoms with E-state index in [2.05, 4.69) is 4.98 Å². The predicted molar refractivity (Wildman–Crippen MR) is 52.3 cm³/mol. The van der Waals surface area contributed by atoms with Gasteiger partial charge in [0.25, 0.3) is 0 Å². The monoisotopic (exact) mass is 217 g/mol. The average Bonchev–Trinajstić information content (AvgIpc) is 2.49. The standard InChI is InChI=1S/C9H12FNO2S/c1-5(7(12)13)6-4-14-8(11-6)9(2,3)10/h4-5H,1-3H3,(H,12,13). The first-order chi connectivity index (χ1) is 6.32. The van der Waals surface area contributed by atoms with Gasteiger partial charge >= 0.3 is 5.97 Å². The van der Waals surface area contributed by atoms with Crippen molar-refractivity contribution in [3.8, 4) is 0 Å². The third-order valence-corrected chi connectivity index (χ3v) is 3.00. The van der Waals surface area contributed by atoms with E-state index in [4.69, 9.17) is 5.11 Å². The SMILES string of the molecule is CC(C(=O)O)c1csc(C(C)(C)F)n1. The van der Waals surface area contributed by atoms with Crippen LogP contribution < -0.4 is 0 Å². The van der Waals surface area contributed by atoms with Gasteiger partial charge in [0.2, 0.25) is 0 Å². The Bertz CT molecular complexity index is 343. The maximum atomic E-state index is 13.4. The number of aromatic nitrogens is 1. The molecule has 1 atom stereocenters. The van der Waals surface area contributed by atoms with Crippen LogP contribution in [-0.4, -0.2) is 16.1 Å². The molecule has 78 valence electrons. The number of hydrogen-bond acceptors (Lipinski definition) is 3. The lowest BCUT2D eigenvalue weighted by Crippen LogP contribution is -2.11. The zero-order valence-electron chi connectivity index (χ0n) is 8.24. The Balaban J connectivity index is 2.94. The fourth-order valence-electron chi connectivity index (χ4n) is 0.885. The van der Waals surface area contributed by atoms with Gasteiger partial charge in [0.05, 0.1) is 11.6 Å². The summed E-state index contributed by atoms with van der Waals surface area (Å²) in [4.78, 5) is 14.6. The molecule has 0 bridgehead atoms. The van der Waals surface area contributed by atoms with Crippen LogP contribution in [-0.2, 0) is 10.5 Å². The van der Waals surface area contributed by atoms with Crippen LogP contribution in [0.3, 0.4) is 0 Å². The Morgan fingerprint density at radius 3 is 2.64 bits per heavy atom. The number of nitrogens with zero attached hydrogens (tertiary/aromatic N) is 1. The highest BCUT2D eigenvalue weighted by atomic mass is 32.1. The lowest BCUT2D eigenvalue weighted by atomic mass is 10.1. The van der Waals surface area contributed by atoms with Crippen LogP contribution in [0.5, 0.6) is 0 Å². The number of carboxylic acid groups (broad SMARTS) is 1. The van der Waals surface area contributed by atoms with Crippen molar-refractivity contribution in [3.63, 3.8) is 0 Å². The van der Waals surface area contributed by atoms with Crippen molar-refractivity contribution >= 4 is 17.3 Å². The highest BCUT2D eigenvalue weighted by Gasteiger charge is 2.25. The van der Waals surface area contributed by atoms with Gasteiger partial charge in [-0.25, -0.2) is 9.37 Å². The highest BCUT2D eigenvalue weighted by Crippen LogP contribution is 2.29. The summed E-state index contributed by atoms with van der Waals surface area (Å²) in [5, 5.41) is 10.6. The van der Waals surface area contributed by atoms with Crippen LogP contribution in [0, 0.1) is 0 Å². The molecule has 0 saturated carbocycles. The summed E-state index contributed by atoms with van der Waals surface area (Å²) in [5.41, 5.74) is -1.08. The molecular weight excluding hydrogens is 205 g/mol. The zero-order chi connectivity index (χ0) is 10.9. The quantitative estimate of drug-likeness (QED) is 0.846. The van der Waals surface area contributed by atoms with Crippen molar-refractivity contribution in [3.05, 3.63) is 16.1 Å². The van der Waals surface area contributed by atoms with Gasteiger partial charge in [0.1, 0.15) is 5.01 Å². The van der Waals surface area contributed by atoms with Gasteiger partial charge in [-0.3, -0.25) is 4.79 Å². The highest BCUT2D eigenvalue weighted by molar-refractivity contribution is 7.09. The second kappa shape index (κ2) is 3.65. The summed E-state index contributed by atoms with van der Waals surface area (Å²) < 4.78 is 13.4. The molecule has 1 N–H and O–H groups in total. The first kappa shape index (κ1) is 11.1. The van der Waals surface area contributed by atoms with Crippen LogP contribution in [0.1, 0.15) is 37.4 Å². The van der Waals surface area contributed by atoms with E-state index in [1.807, 2.05) is 0 Å². The third-order valence-electron chi connectivity index (χ3n) is 1.84. The maximum absolute atomic E-state index is 13.4. The van der Waals surface area contributed by atoms with Crippen LogP contribution in [0.25, 0.3) is 0 Å². The van der Waals surface area contributed by atoms with Crippen molar-refractivity contribution in [2.24, 2.45) is 0 Å². The van der Waals surface area contributed by atoms with E-state index in [0.29, 0.717) is 10.7 Å². The molecule has 0 radical (unpaired) electrons. The molecule has 0 amide bonds. The normalized spacial score (nSPS) is 14.0. The number of carboxylic acids is 1. The van der Waals surface area contributed by atoms with E-state index in [-0.39, 0.29) is 0 Å². The van der Waals surface area contributed by atoms with Crippen molar-refractivity contribution in [1.29, 1.82) is 0 Å². The van der Waals surface area contributed by atoms with Gasteiger partial charge in [-0.15, -0.1) is 11.3 Å². The number of aliphatic carboxylic acids is 1. The van der Waals surface area contributed by atoms with Gasteiger partial charge < -0.3 is 5.11 Å². The zero-order valence-corrected chi connectivity index (χ0v) is 9.06. The van der Waals surface area contributed by atoms with E-state index in [1.54, 1.807) is 5.38 Å². The van der Waals surface area contributed by atoms with Crippen molar-refractivity contribution < 1.29 is 14.3 Å². The summed E-state index contributed by atoms with van der Waals surface area (Å²) in [5.74, 6) is -1.62. The molecule has 0 saturated heterocycles. The van der Waals surface area contributed by atoms with Crippen molar-refractivity contribution in [2.45, 2.75) is 32.4 Å². The molecule has 1 unspecified atom stereocenters. The van der Waals surface area contributed by atoms with Gasteiger partial charge in [-0.2, -0.15) is 0 Å². The van der Waals surface area contributed by atoms with E-state index in [0.717, 1.165) is 11.3 Å². The summed E-state index contributed by atoms with van der Waals surface area (Å²) in [6, 6.07) is 0. The van der Waals surface area contributed by atoms with Crippen LogP contribution in [0.2, 0.25) is 0 Å². The minimum atomic E-state index is -1.50. The topological polar surface area (TPSA) is 50.2 Å². The summed E-state index contributed by atoms with van der Waals surface area (Å²) >= 11 is 1.15. The first-order valence-corrected chi connectivity index (χ1v) is 5.08. The van der Waals surface area contributed by atoms with Gasteiger partial charge in [-0.1, -0.05) is 0 Å². The number of carbonyl (C=O) groups is 1. The number of thiazole rings is 1. The van der Waals surface area contributed by atoms with Gasteiger partial charge in [0.15, 0.2) is 5.67 Å². The van der Waals surface area contributed by atoms with E-state index in [1.165, 1.54) is 20.8 Å². The van der Waals surface area contributed by atoms with E-state index >= 15 is 0 Å². The Kier molecular flexibility index (Phi) is 2.89. The molecule has 0 fully saturated rings. The third kappa shape index (κ3) is 2.29. The predicted octanol–water partition coefficient (Wildman–Crippen LogP) is 2.54. The van der Waals surface area contributed by atoms with E-state index in [9.17, 15) is 9.18 Å². The molecule has 1 aromatic heterocycles. The van der Waals surface area contributed by atoms with E-state index < -0.39 is 17.6 Å². The van der Waals surface area contributed by atoms with Crippen LogP contribution in [0.4, 0.5) is 4.39 Å². The molecule has 0 aliphatic carbocycles. The average molecular weight is 217 g/mol. The molecule has 0 aliphatic heterocycles. The summed E-state index contributed by atoms with van der Waals surface area (Å²) in [7, 11) is 0. The van der Waals surface area contributed by atoms with Gasteiger partial charge in [0, 0.05) is 5.38 Å². The van der Waals surface area contributed by atoms with Crippen molar-refractivity contribution in [2.75, 3.05) is 0 Å². The lowest BCUT2D eigenvalue weighted by molar-refractivity contribution is -0.138. The molecule has 3 nitrogen and oxygen atoms in total. The Hall–Kier alpha value is -0.970. The number of alkyl halides is 1. The Labute approximate surface area is 85.6 Å². The van der Waals surface area contributed by atoms with Crippen LogP contribution in [0.15, 0.2) is 5.38 Å². The number of hydrogen-bond donors (Lipinski definition) is 1. The largest absolute Gasteiger partial charge is 0.481 e. The molecule has 1 rings (SSSR count). The molecule has 0 aromatic carbocycles. The molecular formula is C9H12FNO2S. The van der Waals surface area contributed by atoms with Crippen LogP contribution >= 0.6 is 11.3 Å². The second-order valence-electron chi connectivity index (χ2n) is 3.61. The molecule has 1 aromatic rings. The fraction of sp³-hybridized carbons (Fsp3) is 0.556. The summed E-state index contributed by atoms with van der Waals surface area (Å²) in [6.45, 7) is 4.34. The Morgan fingerprint density at radius 2 is 2.29 bits per heavy atom. The second-order valence-corrected chi connectivity index (χ2v) is 4.47. The smallest absolute Gasteiger partial charge is 0.312 e. The molecule has 14 heavy (non-hydrogen) atoms. The lowest BCUT2D eigenvalue weighted by Gasteiger charge is -2.09. The molecule has 5 heteroatoms. The fourth-order valence-corrected chi connectivity index (χ4v) is 1.81.